The first-order valence-electron chi connectivity index (χ1n) is 3.75. The molecule has 0 aliphatic rings. The molecule has 0 saturated heterocycles. The molecule has 14 heavy (non-hydrogen) atoms. The van der Waals surface area contributed by atoms with Crippen molar-refractivity contribution in [1.82, 2.24) is 5.43 Å². The standard InChI is InChI=1S/C8H8N2O3S/c1-2-9-10-7(11)5-3-4-14-6(5)8(12)13/h2-4H,1H3,(H,10,11)(H,12,13). The van der Waals surface area contributed by atoms with E-state index in [4.69, 9.17) is 5.11 Å². The van der Waals surface area contributed by atoms with Gasteiger partial charge in [0.25, 0.3) is 5.91 Å². The van der Waals surface area contributed by atoms with Crippen LogP contribution in [-0.4, -0.2) is 23.2 Å². The molecule has 0 radical (unpaired) electrons. The number of carbonyl (C=O) groups is 2. The third-order valence-electron chi connectivity index (χ3n) is 1.40. The lowest BCUT2D eigenvalue weighted by molar-refractivity contribution is 0.0696. The number of hydrogen-bond acceptors (Lipinski definition) is 4. The van der Waals surface area contributed by atoms with E-state index in [0.29, 0.717) is 0 Å². The van der Waals surface area contributed by atoms with E-state index in [0.717, 1.165) is 11.3 Å². The number of aromatic carboxylic acids is 1. The van der Waals surface area contributed by atoms with Crippen molar-refractivity contribution >= 4 is 29.4 Å². The molecule has 6 heteroatoms. The molecule has 0 bridgehead atoms. The highest BCUT2D eigenvalue weighted by molar-refractivity contribution is 7.12. The van der Waals surface area contributed by atoms with Gasteiger partial charge < -0.3 is 5.11 Å². The maximum absolute atomic E-state index is 11.3. The van der Waals surface area contributed by atoms with Gasteiger partial charge in [-0.1, -0.05) is 0 Å². The molecule has 1 heterocycles. The lowest BCUT2D eigenvalue weighted by Crippen LogP contribution is -2.18. The van der Waals surface area contributed by atoms with Gasteiger partial charge in [0.2, 0.25) is 0 Å². The Kier molecular flexibility index (Phi) is 3.35. The van der Waals surface area contributed by atoms with E-state index < -0.39 is 11.9 Å². The summed E-state index contributed by atoms with van der Waals surface area (Å²) in [4.78, 5) is 22.0. The van der Waals surface area contributed by atoms with Crippen molar-refractivity contribution in [1.29, 1.82) is 0 Å². The number of nitrogens with zero attached hydrogens (tertiary/aromatic N) is 1. The van der Waals surface area contributed by atoms with Crippen LogP contribution in [0.2, 0.25) is 0 Å². The summed E-state index contributed by atoms with van der Waals surface area (Å²) in [5.74, 6) is -1.62. The van der Waals surface area contributed by atoms with Crippen LogP contribution >= 0.6 is 11.3 Å². The Balaban J connectivity index is 2.89. The van der Waals surface area contributed by atoms with Crippen LogP contribution < -0.4 is 5.43 Å². The van der Waals surface area contributed by atoms with E-state index in [1.165, 1.54) is 12.3 Å². The van der Waals surface area contributed by atoms with E-state index in [-0.39, 0.29) is 10.4 Å². The lowest BCUT2D eigenvalue weighted by Gasteiger charge is -1.97. The van der Waals surface area contributed by atoms with Gasteiger partial charge in [-0.15, -0.1) is 11.3 Å². The Bertz CT molecular complexity index is 384. The highest BCUT2D eigenvalue weighted by Gasteiger charge is 2.17. The second kappa shape index (κ2) is 4.52. The highest BCUT2D eigenvalue weighted by atomic mass is 32.1. The maximum Gasteiger partial charge on any atom is 0.346 e. The van der Waals surface area contributed by atoms with Gasteiger partial charge in [0.15, 0.2) is 0 Å². The van der Waals surface area contributed by atoms with E-state index >= 15 is 0 Å². The minimum absolute atomic E-state index is 0.0220. The third kappa shape index (κ3) is 2.17. The zero-order chi connectivity index (χ0) is 10.6. The lowest BCUT2D eigenvalue weighted by atomic mass is 10.2. The molecule has 5 nitrogen and oxygen atoms in total. The molecule has 74 valence electrons. The van der Waals surface area contributed by atoms with Crippen molar-refractivity contribution < 1.29 is 14.7 Å². The second-order valence-corrected chi connectivity index (χ2v) is 3.21. The minimum Gasteiger partial charge on any atom is -0.477 e. The molecule has 1 amide bonds. The molecule has 0 saturated carbocycles. The maximum atomic E-state index is 11.3. The van der Waals surface area contributed by atoms with Crippen molar-refractivity contribution in [2.24, 2.45) is 5.10 Å². The van der Waals surface area contributed by atoms with Crippen molar-refractivity contribution in [3.8, 4) is 0 Å². The molecule has 0 aliphatic heterocycles. The number of carboxylic acid groups (broad SMARTS) is 1. The molecule has 0 atom stereocenters. The van der Waals surface area contributed by atoms with Gasteiger partial charge in [-0.3, -0.25) is 4.79 Å². The fraction of sp³-hybridized carbons (Fsp3) is 0.125. The predicted octanol–water partition coefficient (Wildman–Crippen LogP) is 1.18. The van der Waals surface area contributed by atoms with Crippen LogP contribution in [0.25, 0.3) is 0 Å². The van der Waals surface area contributed by atoms with E-state index in [9.17, 15) is 9.59 Å². The molecular weight excluding hydrogens is 204 g/mol. The number of nitrogens with one attached hydrogen (secondary N) is 1. The molecular formula is C8H8N2O3S. The van der Waals surface area contributed by atoms with Crippen LogP contribution in [0.5, 0.6) is 0 Å². The number of carbonyl (C=O) groups excluding carboxylic acids is 1. The van der Waals surface area contributed by atoms with Crippen LogP contribution in [0.4, 0.5) is 0 Å². The number of rotatable bonds is 3. The summed E-state index contributed by atoms with van der Waals surface area (Å²) in [6.07, 6.45) is 1.41. The van der Waals surface area contributed by atoms with Crippen LogP contribution in [0, 0.1) is 0 Å². The van der Waals surface area contributed by atoms with Gasteiger partial charge >= 0.3 is 5.97 Å². The van der Waals surface area contributed by atoms with Crippen molar-refractivity contribution in [2.45, 2.75) is 6.92 Å². The van der Waals surface area contributed by atoms with Gasteiger partial charge in [-0.2, -0.15) is 5.10 Å². The van der Waals surface area contributed by atoms with Crippen LogP contribution in [0.3, 0.4) is 0 Å². The van der Waals surface area contributed by atoms with Gasteiger partial charge in [0.1, 0.15) is 4.88 Å². The smallest absolute Gasteiger partial charge is 0.346 e. The van der Waals surface area contributed by atoms with Gasteiger partial charge in [0, 0.05) is 6.21 Å². The molecule has 1 rings (SSSR count). The Morgan fingerprint density at radius 1 is 1.64 bits per heavy atom. The van der Waals surface area contributed by atoms with Gasteiger partial charge in [-0.25, -0.2) is 10.2 Å². The van der Waals surface area contributed by atoms with E-state index in [1.54, 1.807) is 12.3 Å². The summed E-state index contributed by atoms with van der Waals surface area (Å²) < 4.78 is 0. The zero-order valence-electron chi connectivity index (χ0n) is 7.35. The minimum atomic E-state index is -1.11. The number of hydrogen-bond donors (Lipinski definition) is 2. The fourth-order valence-corrected chi connectivity index (χ4v) is 1.57. The summed E-state index contributed by atoms with van der Waals surface area (Å²) in [6.45, 7) is 1.64. The van der Waals surface area contributed by atoms with Crippen LogP contribution in [0.1, 0.15) is 27.0 Å². The van der Waals surface area contributed by atoms with Gasteiger partial charge in [0.05, 0.1) is 5.56 Å². The van der Waals surface area contributed by atoms with Crippen molar-refractivity contribution in [3.63, 3.8) is 0 Å². The second-order valence-electron chi connectivity index (χ2n) is 2.30. The SMILES string of the molecule is CC=NNC(=O)c1ccsc1C(=O)O. The molecule has 0 spiro atoms. The monoisotopic (exact) mass is 212 g/mol. The van der Waals surface area contributed by atoms with E-state index in [1.807, 2.05) is 0 Å². The first-order valence-corrected chi connectivity index (χ1v) is 4.63. The molecule has 0 unspecified atom stereocenters. The Labute approximate surface area is 84.1 Å². The third-order valence-corrected chi connectivity index (χ3v) is 2.30. The number of hydrazone groups is 1. The number of amides is 1. The quantitative estimate of drug-likeness (QED) is 0.583. The predicted molar refractivity (Wildman–Crippen MR) is 52.9 cm³/mol. The topological polar surface area (TPSA) is 78.8 Å². The molecule has 0 fully saturated rings. The first kappa shape index (κ1) is 10.4. The Morgan fingerprint density at radius 3 is 2.93 bits per heavy atom. The van der Waals surface area contributed by atoms with Crippen molar-refractivity contribution in [3.05, 3.63) is 21.9 Å². The molecule has 0 aromatic carbocycles. The average Bonchev–Trinajstić information content (AvgIpc) is 2.62. The Hall–Kier alpha value is -1.69. The summed E-state index contributed by atoms with van der Waals surface area (Å²) in [5.41, 5.74) is 2.34. The van der Waals surface area contributed by atoms with Crippen LogP contribution in [0.15, 0.2) is 16.5 Å². The first-order chi connectivity index (χ1) is 6.66. The number of thiophene rings is 1. The molecule has 2 N–H and O–H groups in total. The highest BCUT2D eigenvalue weighted by Crippen LogP contribution is 2.16. The Morgan fingerprint density at radius 2 is 2.36 bits per heavy atom. The summed E-state index contributed by atoms with van der Waals surface area (Å²) in [7, 11) is 0. The zero-order valence-corrected chi connectivity index (χ0v) is 8.17. The fourth-order valence-electron chi connectivity index (χ4n) is 0.837. The summed E-state index contributed by atoms with van der Waals surface area (Å²) in [5, 5.41) is 13.8. The van der Waals surface area contributed by atoms with Crippen molar-refractivity contribution in [2.75, 3.05) is 0 Å². The molecule has 1 aromatic rings. The largest absolute Gasteiger partial charge is 0.477 e. The van der Waals surface area contributed by atoms with Crippen LogP contribution in [-0.2, 0) is 0 Å². The molecule has 0 aliphatic carbocycles. The van der Waals surface area contributed by atoms with E-state index in [2.05, 4.69) is 10.5 Å². The number of carboxylic acids is 1. The normalized spacial score (nSPS) is 10.4. The average molecular weight is 212 g/mol. The summed E-state index contributed by atoms with van der Waals surface area (Å²) in [6, 6.07) is 1.45. The molecule has 1 aromatic heterocycles. The van der Waals surface area contributed by atoms with Gasteiger partial charge in [-0.05, 0) is 18.4 Å². The summed E-state index contributed by atoms with van der Waals surface area (Å²) >= 11 is 1.01.